The molecule has 1 aromatic carbocycles. The Labute approximate surface area is 163 Å². The predicted octanol–water partition coefficient (Wildman–Crippen LogP) is 1.50. The van der Waals surface area contributed by atoms with Crippen LogP contribution < -0.4 is 9.47 Å². The van der Waals surface area contributed by atoms with Gasteiger partial charge in [-0.3, -0.25) is 4.79 Å². The van der Waals surface area contributed by atoms with Crippen molar-refractivity contribution in [2.45, 2.75) is 19.4 Å². The third-order valence-corrected chi connectivity index (χ3v) is 4.78. The van der Waals surface area contributed by atoms with Gasteiger partial charge in [0.05, 0.1) is 26.5 Å². The third-order valence-electron chi connectivity index (χ3n) is 4.78. The van der Waals surface area contributed by atoms with Crippen LogP contribution in [-0.4, -0.2) is 80.6 Å². The number of carbonyl (C=O) groups excluding carboxylic acids is 2. The van der Waals surface area contributed by atoms with Gasteiger partial charge in [0.25, 0.3) is 5.91 Å². The Bertz CT molecular complexity index is 758. The molecule has 0 N–H and O–H groups in total. The number of nitrogens with zero attached hydrogens (tertiary/aromatic N) is 3. The molecule has 2 heterocycles. The SMILES string of the molecule is CCOC(=O)N1CCN(C(=O)[C@H]2CC(c3cc(OC)ccc3OC)=NO2)CC1. The molecule has 9 nitrogen and oxygen atoms in total. The summed E-state index contributed by atoms with van der Waals surface area (Å²) in [5, 5.41) is 4.10. The fraction of sp³-hybridized carbons (Fsp3) is 0.526. The van der Waals surface area contributed by atoms with E-state index in [9.17, 15) is 9.59 Å². The van der Waals surface area contributed by atoms with E-state index in [2.05, 4.69) is 5.16 Å². The quantitative estimate of drug-likeness (QED) is 0.756. The summed E-state index contributed by atoms with van der Waals surface area (Å²) in [7, 11) is 3.16. The van der Waals surface area contributed by atoms with E-state index in [4.69, 9.17) is 19.0 Å². The molecule has 0 aromatic heterocycles. The number of carbonyl (C=O) groups is 2. The molecule has 0 radical (unpaired) electrons. The van der Waals surface area contributed by atoms with Gasteiger partial charge in [-0.1, -0.05) is 5.16 Å². The summed E-state index contributed by atoms with van der Waals surface area (Å²) < 4.78 is 15.6. The first-order valence-electron chi connectivity index (χ1n) is 9.23. The maximum absolute atomic E-state index is 12.8. The number of methoxy groups -OCH3 is 2. The zero-order valence-corrected chi connectivity index (χ0v) is 16.3. The molecule has 1 aromatic rings. The highest BCUT2D eigenvalue weighted by Gasteiger charge is 2.35. The fourth-order valence-electron chi connectivity index (χ4n) is 3.24. The molecule has 0 bridgehead atoms. The van der Waals surface area contributed by atoms with Gasteiger partial charge in [0.2, 0.25) is 6.10 Å². The Morgan fingerprint density at radius 1 is 1.14 bits per heavy atom. The Morgan fingerprint density at radius 2 is 1.86 bits per heavy atom. The lowest BCUT2D eigenvalue weighted by molar-refractivity contribution is -0.143. The Morgan fingerprint density at radius 3 is 2.50 bits per heavy atom. The van der Waals surface area contributed by atoms with Crippen molar-refractivity contribution in [3.05, 3.63) is 23.8 Å². The molecule has 2 aliphatic rings. The lowest BCUT2D eigenvalue weighted by Gasteiger charge is -2.34. The molecule has 2 amide bonds. The van der Waals surface area contributed by atoms with E-state index < -0.39 is 6.10 Å². The molecule has 0 aliphatic carbocycles. The monoisotopic (exact) mass is 391 g/mol. The molecule has 28 heavy (non-hydrogen) atoms. The van der Waals surface area contributed by atoms with Crippen LogP contribution in [0.4, 0.5) is 4.79 Å². The van der Waals surface area contributed by atoms with Gasteiger partial charge in [-0.2, -0.15) is 0 Å². The van der Waals surface area contributed by atoms with Crippen LogP contribution in [0.3, 0.4) is 0 Å². The van der Waals surface area contributed by atoms with Crippen LogP contribution in [0.1, 0.15) is 18.9 Å². The fourth-order valence-corrected chi connectivity index (χ4v) is 3.24. The Balaban J connectivity index is 1.60. The van der Waals surface area contributed by atoms with Crippen LogP contribution in [0.25, 0.3) is 0 Å². The van der Waals surface area contributed by atoms with Crippen LogP contribution in [-0.2, 0) is 14.4 Å². The standard InChI is InChI=1S/C19H25N3O6/c1-4-27-19(24)22-9-7-21(8-10-22)18(23)17-12-15(20-28-17)14-11-13(25-2)5-6-16(14)26-3/h5-6,11,17H,4,7-10,12H2,1-3H3/t17-/m1/s1. The van der Waals surface area contributed by atoms with E-state index in [-0.39, 0.29) is 12.0 Å². The number of ether oxygens (including phenoxy) is 3. The molecule has 1 atom stereocenters. The molecule has 0 unspecified atom stereocenters. The van der Waals surface area contributed by atoms with Crippen LogP contribution in [0, 0.1) is 0 Å². The molecule has 1 saturated heterocycles. The van der Waals surface area contributed by atoms with Gasteiger partial charge in [-0.25, -0.2) is 4.79 Å². The smallest absolute Gasteiger partial charge is 0.409 e. The molecule has 3 rings (SSSR count). The first-order chi connectivity index (χ1) is 13.6. The summed E-state index contributed by atoms with van der Waals surface area (Å²) in [6.45, 7) is 3.86. The largest absolute Gasteiger partial charge is 0.497 e. The number of hydrogen-bond acceptors (Lipinski definition) is 7. The molecule has 2 aliphatic heterocycles. The van der Waals surface area contributed by atoms with Crippen LogP contribution in [0.5, 0.6) is 11.5 Å². The van der Waals surface area contributed by atoms with Crippen molar-refractivity contribution in [2.75, 3.05) is 47.0 Å². The first kappa shape index (κ1) is 19.8. The molecule has 9 heteroatoms. The number of hydrogen-bond donors (Lipinski definition) is 0. The average Bonchev–Trinajstić information content (AvgIpc) is 3.23. The van der Waals surface area contributed by atoms with Crippen molar-refractivity contribution in [3.63, 3.8) is 0 Å². The second-order valence-electron chi connectivity index (χ2n) is 6.41. The minimum Gasteiger partial charge on any atom is -0.497 e. The van der Waals surface area contributed by atoms with Gasteiger partial charge >= 0.3 is 6.09 Å². The number of piperazine rings is 1. The van der Waals surface area contributed by atoms with E-state index >= 15 is 0 Å². The Hall–Kier alpha value is -2.97. The second kappa shape index (κ2) is 8.81. The Kier molecular flexibility index (Phi) is 6.23. The lowest BCUT2D eigenvalue weighted by Crippen LogP contribution is -2.53. The highest BCUT2D eigenvalue weighted by Crippen LogP contribution is 2.29. The molecule has 1 fully saturated rings. The second-order valence-corrected chi connectivity index (χ2v) is 6.41. The van der Waals surface area contributed by atoms with Gasteiger partial charge in [-0.15, -0.1) is 0 Å². The van der Waals surface area contributed by atoms with Crippen molar-refractivity contribution in [1.29, 1.82) is 0 Å². The third kappa shape index (κ3) is 4.13. The maximum atomic E-state index is 12.8. The number of oxime groups is 1. The topological polar surface area (TPSA) is 89.9 Å². The van der Waals surface area contributed by atoms with Crippen molar-refractivity contribution in [3.8, 4) is 11.5 Å². The molecular weight excluding hydrogens is 366 g/mol. The summed E-state index contributed by atoms with van der Waals surface area (Å²) in [5.74, 6) is 1.17. The summed E-state index contributed by atoms with van der Waals surface area (Å²) in [6.07, 6.45) is -0.678. The summed E-state index contributed by atoms with van der Waals surface area (Å²) in [6, 6.07) is 5.40. The van der Waals surface area contributed by atoms with E-state index in [1.165, 1.54) is 0 Å². The summed E-state index contributed by atoms with van der Waals surface area (Å²) in [4.78, 5) is 33.3. The maximum Gasteiger partial charge on any atom is 0.409 e. The lowest BCUT2D eigenvalue weighted by atomic mass is 10.0. The molecule has 0 spiro atoms. The zero-order valence-electron chi connectivity index (χ0n) is 16.3. The van der Waals surface area contributed by atoms with Gasteiger partial charge in [-0.05, 0) is 25.1 Å². The van der Waals surface area contributed by atoms with E-state index in [0.717, 1.165) is 5.56 Å². The number of rotatable bonds is 5. The van der Waals surface area contributed by atoms with E-state index in [1.807, 2.05) is 6.07 Å². The summed E-state index contributed by atoms with van der Waals surface area (Å²) in [5.41, 5.74) is 1.38. The number of benzene rings is 1. The normalized spacial score (nSPS) is 19.0. The van der Waals surface area contributed by atoms with Crippen LogP contribution in [0.2, 0.25) is 0 Å². The van der Waals surface area contributed by atoms with Gasteiger partial charge in [0, 0.05) is 38.2 Å². The van der Waals surface area contributed by atoms with E-state index in [0.29, 0.717) is 56.4 Å². The van der Waals surface area contributed by atoms with Gasteiger partial charge in [0.1, 0.15) is 11.5 Å². The van der Waals surface area contributed by atoms with Crippen molar-refractivity contribution >= 4 is 17.7 Å². The predicted molar refractivity (Wildman–Crippen MR) is 101 cm³/mol. The molecular formula is C19H25N3O6. The van der Waals surface area contributed by atoms with Crippen molar-refractivity contribution < 1.29 is 28.6 Å². The van der Waals surface area contributed by atoms with Crippen LogP contribution in [0.15, 0.2) is 23.4 Å². The number of amides is 2. The minimum absolute atomic E-state index is 0.135. The first-order valence-corrected chi connectivity index (χ1v) is 9.23. The average molecular weight is 391 g/mol. The highest BCUT2D eigenvalue weighted by atomic mass is 16.6. The van der Waals surface area contributed by atoms with Gasteiger partial charge in [0.15, 0.2) is 0 Å². The molecule has 0 saturated carbocycles. The van der Waals surface area contributed by atoms with Crippen molar-refractivity contribution in [1.82, 2.24) is 9.80 Å². The van der Waals surface area contributed by atoms with Crippen LogP contribution >= 0.6 is 0 Å². The highest BCUT2D eigenvalue weighted by molar-refractivity contribution is 6.06. The molecule has 152 valence electrons. The van der Waals surface area contributed by atoms with Gasteiger partial charge < -0.3 is 28.8 Å². The minimum atomic E-state index is -0.681. The summed E-state index contributed by atoms with van der Waals surface area (Å²) >= 11 is 0. The van der Waals surface area contributed by atoms with Crippen molar-refractivity contribution in [2.24, 2.45) is 5.16 Å². The zero-order chi connectivity index (χ0) is 20.1. The van der Waals surface area contributed by atoms with E-state index in [1.54, 1.807) is 43.1 Å².